The highest BCUT2D eigenvalue weighted by atomic mass is 14.5. The minimum atomic E-state index is 0.477. The minimum absolute atomic E-state index is 0.477. The molecule has 192 valence electrons. The van der Waals surface area contributed by atoms with Crippen LogP contribution in [0.5, 0.6) is 0 Å². The number of rotatable bonds is 18. The molecule has 0 aromatic rings. The highest BCUT2D eigenvalue weighted by Crippen LogP contribution is 2.53. The van der Waals surface area contributed by atoms with E-state index in [4.69, 9.17) is 7.85 Å². The molecule has 2 saturated carbocycles. The van der Waals surface area contributed by atoms with Crippen molar-refractivity contribution in [1.82, 2.24) is 0 Å². The van der Waals surface area contributed by atoms with Crippen LogP contribution < -0.4 is 0 Å². The summed E-state index contributed by atoms with van der Waals surface area (Å²) in [5.41, 5.74) is 0. The molecule has 0 nitrogen and oxygen atoms in total. The third kappa shape index (κ3) is 8.03. The summed E-state index contributed by atoms with van der Waals surface area (Å²) >= 11 is 0. The Morgan fingerprint density at radius 1 is 0.515 bits per heavy atom. The molecule has 0 spiro atoms. The van der Waals surface area contributed by atoms with Crippen LogP contribution in [0.2, 0.25) is 5.82 Å². The summed E-state index contributed by atoms with van der Waals surface area (Å²) in [7, 11) is 6.48. The van der Waals surface area contributed by atoms with E-state index in [2.05, 4.69) is 48.5 Å². The average molecular weight is 457 g/mol. The Morgan fingerprint density at radius 2 is 1.00 bits per heavy atom. The van der Waals surface area contributed by atoms with Crippen molar-refractivity contribution in [3.63, 3.8) is 0 Å². The summed E-state index contributed by atoms with van der Waals surface area (Å²) in [6.07, 6.45) is 21.5. The van der Waals surface area contributed by atoms with Crippen molar-refractivity contribution >= 4 is 7.85 Å². The molecule has 10 unspecified atom stereocenters. The van der Waals surface area contributed by atoms with E-state index in [0.717, 1.165) is 53.3 Å². The molecule has 10 atom stereocenters. The second-order valence-electron chi connectivity index (χ2n) is 12.8. The standard InChI is InChI=1S/C32H61B/c1-8-14-26(19-21-30-24(6)23(5)29(30)16-10-3)17-12-13-18-27(15-9-2)20-22-31-28(11-4)25(7)32(31)33/h23-32H,8-22H2,1-7H3. The average Bonchev–Trinajstić information content (AvgIpc) is 2.82. The van der Waals surface area contributed by atoms with E-state index < -0.39 is 0 Å². The van der Waals surface area contributed by atoms with Gasteiger partial charge in [-0.15, -0.1) is 0 Å². The first kappa shape index (κ1) is 29.3. The molecule has 0 aromatic carbocycles. The summed E-state index contributed by atoms with van der Waals surface area (Å²) in [5, 5.41) is 0. The topological polar surface area (TPSA) is 0 Å². The minimum Gasteiger partial charge on any atom is -0.0715 e. The van der Waals surface area contributed by atoms with Gasteiger partial charge in [0.1, 0.15) is 0 Å². The zero-order chi connectivity index (χ0) is 24.4. The van der Waals surface area contributed by atoms with Gasteiger partial charge in [0.15, 0.2) is 0 Å². The fourth-order valence-electron chi connectivity index (χ4n) is 8.39. The van der Waals surface area contributed by atoms with E-state index in [1.807, 2.05) is 0 Å². The van der Waals surface area contributed by atoms with E-state index in [0.29, 0.717) is 5.82 Å². The van der Waals surface area contributed by atoms with Gasteiger partial charge >= 0.3 is 0 Å². The molecule has 0 bridgehead atoms. The highest BCUT2D eigenvalue weighted by molar-refractivity contribution is 6.12. The summed E-state index contributed by atoms with van der Waals surface area (Å²) in [4.78, 5) is 0. The van der Waals surface area contributed by atoms with Crippen molar-refractivity contribution in [2.24, 2.45) is 53.3 Å². The Hall–Kier alpha value is 0.0649. The largest absolute Gasteiger partial charge is 0.0715 e. The van der Waals surface area contributed by atoms with Crippen molar-refractivity contribution in [3.05, 3.63) is 0 Å². The Balaban J connectivity index is 1.69. The Labute approximate surface area is 211 Å². The van der Waals surface area contributed by atoms with Crippen LogP contribution in [0.15, 0.2) is 0 Å². The molecule has 1 heteroatoms. The van der Waals surface area contributed by atoms with Gasteiger partial charge in [-0.1, -0.05) is 144 Å². The van der Waals surface area contributed by atoms with Crippen molar-refractivity contribution in [2.45, 2.75) is 151 Å². The Bertz CT molecular complexity index is 501. The van der Waals surface area contributed by atoms with Crippen LogP contribution in [0.4, 0.5) is 0 Å². The van der Waals surface area contributed by atoms with Crippen LogP contribution in [0.1, 0.15) is 145 Å². The summed E-state index contributed by atoms with van der Waals surface area (Å²) in [6, 6.07) is 0. The van der Waals surface area contributed by atoms with Gasteiger partial charge in [-0.05, 0) is 59.7 Å². The fraction of sp³-hybridized carbons (Fsp3) is 1.00. The smallest absolute Gasteiger partial charge is 0.0707 e. The van der Waals surface area contributed by atoms with Gasteiger partial charge < -0.3 is 0 Å². The molecule has 33 heavy (non-hydrogen) atoms. The van der Waals surface area contributed by atoms with E-state index in [-0.39, 0.29) is 0 Å². The van der Waals surface area contributed by atoms with Crippen LogP contribution in [0.25, 0.3) is 0 Å². The molecular formula is C32H61B. The first-order valence-corrected chi connectivity index (χ1v) is 15.6. The van der Waals surface area contributed by atoms with Gasteiger partial charge in [0.25, 0.3) is 0 Å². The summed E-state index contributed by atoms with van der Waals surface area (Å²) < 4.78 is 0. The molecule has 2 aliphatic rings. The lowest BCUT2D eigenvalue weighted by molar-refractivity contribution is -0.0141. The van der Waals surface area contributed by atoms with Gasteiger partial charge in [-0.3, -0.25) is 0 Å². The maximum atomic E-state index is 6.48. The number of hydrogen-bond donors (Lipinski definition) is 0. The Morgan fingerprint density at radius 3 is 1.45 bits per heavy atom. The molecule has 2 radical (unpaired) electrons. The van der Waals surface area contributed by atoms with Crippen LogP contribution in [0.3, 0.4) is 0 Å². The SMILES string of the molecule is [B]C1C(C)C(CC)C1CCC(CCC)CCCCC(CCC)CCC1C(C)C(C)C1CCC. The number of hydrogen-bond acceptors (Lipinski definition) is 0. The van der Waals surface area contributed by atoms with Gasteiger partial charge in [0.05, 0.1) is 7.85 Å². The number of unbranched alkanes of at least 4 members (excludes halogenated alkanes) is 1. The van der Waals surface area contributed by atoms with Crippen molar-refractivity contribution in [2.75, 3.05) is 0 Å². The van der Waals surface area contributed by atoms with Crippen LogP contribution in [-0.4, -0.2) is 7.85 Å². The maximum Gasteiger partial charge on any atom is 0.0707 e. The van der Waals surface area contributed by atoms with Crippen LogP contribution >= 0.6 is 0 Å². The molecule has 2 fully saturated rings. The van der Waals surface area contributed by atoms with E-state index >= 15 is 0 Å². The molecular weight excluding hydrogens is 395 g/mol. The van der Waals surface area contributed by atoms with Gasteiger partial charge in [-0.25, -0.2) is 0 Å². The summed E-state index contributed by atoms with van der Waals surface area (Å²) in [5.74, 6) is 8.88. The highest BCUT2D eigenvalue weighted by Gasteiger charge is 2.44. The van der Waals surface area contributed by atoms with Crippen molar-refractivity contribution < 1.29 is 0 Å². The zero-order valence-electron chi connectivity index (χ0n) is 24.0. The lowest BCUT2D eigenvalue weighted by atomic mass is 9.48. The molecule has 0 heterocycles. The normalized spacial score (nSPS) is 35.6. The predicted molar refractivity (Wildman–Crippen MR) is 150 cm³/mol. The Kier molecular flexibility index (Phi) is 13.5. The van der Waals surface area contributed by atoms with E-state index in [9.17, 15) is 0 Å². The molecule has 0 amide bonds. The second-order valence-corrected chi connectivity index (χ2v) is 12.8. The van der Waals surface area contributed by atoms with E-state index in [1.54, 1.807) is 0 Å². The van der Waals surface area contributed by atoms with Crippen LogP contribution in [0, 0.1) is 53.3 Å². The second kappa shape index (κ2) is 15.2. The molecule has 0 aliphatic heterocycles. The molecule has 0 aromatic heterocycles. The van der Waals surface area contributed by atoms with Crippen LogP contribution in [-0.2, 0) is 0 Å². The molecule has 2 aliphatic carbocycles. The molecule has 0 N–H and O–H groups in total. The van der Waals surface area contributed by atoms with E-state index in [1.165, 1.54) is 96.3 Å². The summed E-state index contributed by atoms with van der Waals surface area (Å²) in [6.45, 7) is 16.9. The molecule has 0 saturated heterocycles. The maximum absolute atomic E-state index is 6.48. The lowest BCUT2D eigenvalue weighted by Crippen LogP contribution is -2.43. The third-order valence-electron chi connectivity index (χ3n) is 10.8. The third-order valence-corrected chi connectivity index (χ3v) is 10.8. The lowest BCUT2D eigenvalue weighted by Gasteiger charge is -2.50. The molecule has 2 rings (SSSR count). The zero-order valence-corrected chi connectivity index (χ0v) is 24.0. The quantitative estimate of drug-likeness (QED) is 0.142. The van der Waals surface area contributed by atoms with Gasteiger partial charge in [0, 0.05) is 0 Å². The van der Waals surface area contributed by atoms with Crippen molar-refractivity contribution in [3.8, 4) is 0 Å². The van der Waals surface area contributed by atoms with Gasteiger partial charge in [0.2, 0.25) is 0 Å². The van der Waals surface area contributed by atoms with Crippen molar-refractivity contribution in [1.29, 1.82) is 0 Å². The first-order valence-electron chi connectivity index (χ1n) is 15.6. The fourth-order valence-corrected chi connectivity index (χ4v) is 8.39. The predicted octanol–water partition coefficient (Wildman–Crippen LogP) is 10.5. The monoisotopic (exact) mass is 456 g/mol. The first-order chi connectivity index (χ1) is 15.9. The van der Waals surface area contributed by atoms with Gasteiger partial charge in [-0.2, -0.15) is 0 Å².